The Bertz CT molecular complexity index is 1700. The Morgan fingerprint density at radius 2 is 1.90 bits per heavy atom. The summed E-state index contributed by atoms with van der Waals surface area (Å²) in [7, 11) is 0. The third-order valence-corrected chi connectivity index (χ3v) is 12.6. The van der Waals surface area contributed by atoms with Crippen molar-refractivity contribution in [3.05, 3.63) is 81.1 Å². The van der Waals surface area contributed by atoms with Gasteiger partial charge in [0.1, 0.15) is 23.6 Å². The number of benzene rings is 2. The number of aromatic nitrogens is 1. The summed E-state index contributed by atoms with van der Waals surface area (Å²) in [6.45, 7) is 9.87. The molecule has 8 nitrogen and oxygen atoms in total. The summed E-state index contributed by atoms with van der Waals surface area (Å²) in [6.07, 6.45) is 9.57. The van der Waals surface area contributed by atoms with E-state index in [9.17, 15) is 9.90 Å². The van der Waals surface area contributed by atoms with Crippen molar-refractivity contribution in [2.45, 2.75) is 88.5 Å². The maximum absolute atomic E-state index is 13.0. The SMILES string of the molecule is C[C@@H](COc1ccnc2c1[C@H](C)CCC2)CC1Cc2cc(Cl)c(OCCN3CCOCC3)cc2C12CCC(Nc1cccc(Cl)c1)(C(=O)O)CC2. The summed E-state index contributed by atoms with van der Waals surface area (Å²) in [4.78, 5) is 20.0. The number of carboxylic acid groups (broad SMARTS) is 1. The lowest BCUT2D eigenvalue weighted by molar-refractivity contribution is -0.144. The number of pyridine rings is 1. The molecule has 3 aliphatic carbocycles. The molecule has 1 saturated carbocycles. The average molecular weight is 737 g/mol. The fourth-order valence-corrected chi connectivity index (χ4v) is 9.76. The van der Waals surface area contributed by atoms with Gasteiger partial charge in [0.05, 0.1) is 24.8 Å². The van der Waals surface area contributed by atoms with Gasteiger partial charge >= 0.3 is 5.97 Å². The topological polar surface area (TPSA) is 93.2 Å². The Morgan fingerprint density at radius 3 is 2.67 bits per heavy atom. The van der Waals surface area contributed by atoms with Gasteiger partial charge < -0.3 is 24.6 Å². The summed E-state index contributed by atoms with van der Waals surface area (Å²) in [5, 5.41) is 15.3. The van der Waals surface area contributed by atoms with E-state index < -0.39 is 11.5 Å². The number of anilines is 1. The van der Waals surface area contributed by atoms with Gasteiger partial charge in [0, 0.05) is 47.8 Å². The molecule has 0 radical (unpaired) electrons. The molecule has 51 heavy (non-hydrogen) atoms. The normalized spacial score (nSPS) is 26.7. The highest BCUT2D eigenvalue weighted by Crippen LogP contribution is 2.57. The van der Waals surface area contributed by atoms with E-state index >= 15 is 0 Å². The van der Waals surface area contributed by atoms with Crippen LogP contribution >= 0.6 is 23.2 Å². The van der Waals surface area contributed by atoms with Crippen LogP contribution in [-0.4, -0.2) is 72.6 Å². The summed E-state index contributed by atoms with van der Waals surface area (Å²) in [5.41, 5.74) is 4.42. The van der Waals surface area contributed by atoms with Crippen molar-refractivity contribution in [2.75, 3.05) is 51.4 Å². The Kier molecular flexibility index (Phi) is 11.1. The Labute approximate surface area is 312 Å². The zero-order valence-electron chi connectivity index (χ0n) is 29.9. The number of nitrogens with zero attached hydrogens (tertiary/aromatic N) is 2. The smallest absolute Gasteiger partial charge is 0.329 e. The molecule has 3 atom stereocenters. The molecular formula is C41H51Cl2N3O5. The second-order valence-corrected chi connectivity index (χ2v) is 16.3. The molecule has 1 aromatic heterocycles. The van der Waals surface area contributed by atoms with Crippen molar-refractivity contribution < 1.29 is 24.1 Å². The molecule has 7 rings (SSSR count). The highest BCUT2D eigenvalue weighted by atomic mass is 35.5. The van der Waals surface area contributed by atoms with Crippen LogP contribution in [0.3, 0.4) is 0 Å². The molecule has 4 aliphatic rings. The third kappa shape index (κ3) is 7.71. The molecule has 0 amide bonds. The number of nitrogens with one attached hydrogen (secondary N) is 1. The molecule has 1 saturated heterocycles. The number of aryl methyl sites for hydroxylation is 1. The molecule has 10 heteroatoms. The summed E-state index contributed by atoms with van der Waals surface area (Å²) >= 11 is 13.2. The highest BCUT2D eigenvalue weighted by Gasteiger charge is 2.54. The number of carboxylic acids is 1. The van der Waals surface area contributed by atoms with Gasteiger partial charge in [0.25, 0.3) is 0 Å². The molecule has 2 heterocycles. The molecule has 1 aliphatic heterocycles. The van der Waals surface area contributed by atoms with E-state index in [1.54, 1.807) is 12.1 Å². The fourth-order valence-electron chi connectivity index (χ4n) is 9.33. The van der Waals surface area contributed by atoms with E-state index in [2.05, 4.69) is 41.2 Å². The van der Waals surface area contributed by atoms with Gasteiger partial charge in [0.15, 0.2) is 0 Å². The maximum Gasteiger partial charge on any atom is 0.329 e. The van der Waals surface area contributed by atoms with Crippen molar-refractivity contribution in [3.8, 4) is 11.5 Å². The molecule has 1 unspecified atom stereocenters. The Morgan fingerprint density at radius 1 is 1.10 bits per heavy atom. The second kappa shape index (κ2) is 15.5. The number of rotatable bonds is 12. The van der Waals surface area contributed by atoms with Crippen LogP contribution in [0.4, 0.5) is 5.69 Å². The van der Waals surface area contributed by atoms with Gasteiger partial charge in [-0.05, 0) is 128 Å². The minimum absolute atomic E-state index is 0.199. The van der Waals surface area contributed by atoms with Crippen molar-refractivity contribution in [1.82, 2.24) is 9.88 Å². The molecule has 3 aromatic rings. The predicted molar refractivity (Wildman–Crippen MR) is 202 cm³/mol. The molecule has 274 valence electrons. The molecule has 2 fully saturated rings. The summed E-state index contributed by atoms with van der Waals surface area (Å²) < 4.78 is 18.5. The molecular weight excluding hydrogens is 685 g/mol. The van der Waals surface area contributed by atoms with Gasteiger partial charge in [-0.3, -0.25) is 9.88 Å². The molecule has 2 N–H and O–H groups in total. The lowest BCUT2D eigenvalue weighted by Gasteiger charge is -2.47. The number of carbonyl (C=O) groups is 1. The van der Waals surface area contributed by atoms with Crippen LogP contribution in [0, 0.1) is 11.8 Å². The van der Waals surface area contributed by atoms with E-state index in [1.165, 1.54) is 35.2 Å². The minimum atomic E-state index is -1.08. The molecule has 1 spiro atoms. The Balaban J connectivity index is 1.12. The quantitative estimate of drug-likeness (QED) is 0.191. The van der Waals surface area contributed by atoms with E-state index in [1.807, 2.05) is 24.4 Å². The van der Waals surface area contributed by atoms with Crippen LogP contribution in [0.2, 0.25) is 10.0 Å². The van der Waals surface area contributed by atoms with Crippen LogP contribution in [0.5, 0.6) is 11.5 Å². The standard InChI is InChI=1S/C41H51Cl2N3O5/c1-27(26-51-36-9-14-44-35-8-3-5-28(2)38(35)36)21-30-22-29-23-34(43)37(50-20-17-46-15-18-49-19-16-46)25-33(29)40(30)10-12-41(13-11-40,39(47)48)45-32-7-4-6-31(42)24-32/h4,6-7,9,14,23-25,27-28,30,45H,3,5,8,10-13,15-22,26H2,1-2H3,(H,47,48)/t27-,28-,30?,40?,41?/m1/s1. The van der Waals surface area contributed by atoms with E-state index in [4.69, 9.17) is 37.4 Å². The van der Waals surface area contributed by atoms with E-state index in [0.717, 1.165) is 76.4 Å². The lowest BCUT2D eigenvalue weighted by atomic mass is 9.59. The molecule has 0 bridgehead atoms. The van der Waals surface area contributed by atoms with Gasteiger partial charge in [-0.15, -0.1) is 0 Å². The number of morpholine rings is 1. The lowest BCUT2D eigenvalue weighted by Crippen LogP contribution is -2.53. The predicted octanol–water partition coefficient (Wildman–Crippen LogP) is 8.56. The van der Waals surface area contributed by atoms with Crippen molar-refractivity contribution in [3.63, 3.8) is 0 Å². The van der Waals surface area contributed by atoms with E-state index in [0.29, 0.717) is 59.6 Å². The number of aliphatic carboxylic acids is 1. The van der Waals surface area contributed by atoms with Crippen LogP contribution in [0.25, 0.3) is 0 Å². The fraction of sp³-hybridized carbons (Fsp3) is 0.561. The Hall–Kier alpha value is -3.04. The van der Waals surface area contributed by atoms with Crippen molar-refractivity contribution in [1.29, 1.82) is 0 Å². The first-order chi connectivity index (χ1) is 24.7. The maximum atomic E-state index is 13.0. The van der Waals surface area contributed by atoms with Gasteiger partial charge in [0.2, 0.25) is 0 Å². The number of fused-ring (bicyclic) bond motifs is 3. The average Bonchev–Trinajstić information content (AvgIpc) is 3.39. The number of hydrogen-bond acceptors (Lipinski definition) is 7. The number of ether oxygens (including phenoxy) is 3. The number of halogens is 2. The highest BCUT2D eigenvalue weighted by molar-refractivity contribution is 6.32. The minimum Gasteiger partial charge on any atom is -0.493 e. The second-order valence-electron chi connectivity index (χ2n) is 15.4. The van der Waals surface area contributed by atoms with Crippen LogP contribution < -0.4 is 14.8 Å². The van der Waals surface area contributed by atoms with E-state index in [-0.39, 0.29) is 5.41 Å². The largest absolute Gasteiger partial charge is 0.493 e. The van der Waals surface area contributed by atoms with Crippen molar-refractivity contribution >= 4 is 34.9 Å². The summed E-state index contributed by atoms with van der Waals surface area (Å²) in [6, 6.07) is 13.7. The first-order valence-corrected chi connectivity index (χ1v) is 19.5. The zero-order valence-corrected chi connectivity index (χ0v) is 31.4. The zero-order chi connectivity index (χ0) is 35.6. The van der Waals surface area contributed by atoms with Gasteiger partial charge in [-0.2, -0.15) is 0 Å². The van der Waals surface area contributed by atoms with Crippen LogP contribution in [0.15, 0.2) is 48.7 Å². The first-order valence-electron chi connectivity index (χ1n) is 18.8. The first kappa shape index (κ1) is 36.3. The number of hydrogen-bond donors (Lipinski definition) is 2. The monoisotopic (exact) mass is 735 g/mol. The molecule has 2 aromatic carbocycles. The van der Waals surface area contributed by atoms with Crippen LogP contribution in [-0.2, 0) is 27.8 Å². The van der Waals surface area contributed by atoms with Gasteiger partial charge in [-0.1, -0.05) is 43.1 Å². The van der Waals surface area contributed by atoms with Crippen molar-refractivity contribution in [2.24, 2.45) is 11.8 Å². The third-order valence-electron chi connectivity index (χ3n) is 12.1. The van der Waals surface area contributed by atoms with Gasteiger partial charge in [-0.25, -0.2) is 4.79 Å². The summed E-state index contributed by atoms with van der Waals surface area (Å²) in [5.74, 6) is 1.92. The van der Waals surface area contributed by atoms with Crippen LogP contribution in [0.1, 0.15) is 87.1 Å².